The number of hydrogen-bond acceptors (Lipinski definition) is 2. The van der Waals surface area contributed by atoms with Gasteiger partial charge in [0.1, 0.15) is 16.5 Å². The Hall–Kier alpha value is -1.97. The molecule has 2 aromatic rings. The van der Waals surface area contributed by atoms with Crippen LogP contribution in [0.3, 0.4) is 0 Å². The number of carboxylic acids is 1. The van der Waals surface area contributed by atoms with Gasteiger partial charge in [0, 0.05) is 6.08 Å². The maximum absolute atomic E-state index is 10.5. The fraction of sp³-hybridized carbons (Fsp3) is 0.0625. The Labute approximate surface area is 132 Å². The summed E-state index contributed by atoms with van der Waals surface area (Å²) in [5, 5.41) is 9.41. The van der Waals surface area contributed by atoms with E-state index in [4.69, 9.17) is 33.0 Å². The monoisotopic (exact) mass is 322 g/mol. The summed E-state index contributed by atoms with van der Waals surface area (Å²) in [5.41, 5.74) is 1.70. The molecule has 0 atom stereocenters. The molecule has 0 spiro atoms. The first-order valence-electron chi connectivity index (χ1n) is 6.11. The second-order valence-electron chi connectivity index (χ2n) is 4.34. The van der Waals surface area contributed by atoms with Crippen LogP contribution in [-0.2, 0) is 4.79 Å². The second kappa shape index (κ2) is 6.66. The third-order valence-corrected chi connectivity index (χ3v) is 3.59. The number of carboxylic acid groups (broad SMARTS) is 1. The van der Waals surface area contributed by atoms with Crippen molar-refractivity contribution in [3.8, 4) is 11.5 Å². The third-order valence-electron chi connectivity index (χ3n) is 2.79. The van der Waals surface area contributed by atoms with Crippen LogP contribution >= 0.6 is 23.2 Å². The molecule has 108 valence electrons. The third kappa shape index (κ3) is 4.00. The van der Waals surface area contributed by atoms with E-state index in [1.54, 1.807) is 36.4 Å². The molecular formula is C16H12Cl2O3. The molecule has 0 aliphatic carbocycles. The molecule has 2 rings (SSSR count). The molecular weight excluding hydrogens is 311 g/mol. The van der Waals surface area contributed by atoms with Gasteiger partial charge in [0.2, 0.25) is 0 Å². The number of aryl methyl sites for hydroxylation is 1. The van der Waals surface area contributed by atoms with Crippen molar-refractivity contribution in [3.63, 3.8) is 0 Å². The van der Waals surface area contributed by atoms with Crippen molar-refractivity contribution in [2.45, 2.75) is 6.92 Å². The Morgan fingerprint density at radius 2 is 2.00 bits per heavy atom. The molecule has 21 heavy (non-hydrogen) atoms. The smallest absolute Gasteiger partial charge is 0.328 e. The van der Waals surface area contributed by atoms with Crippen molar-refractivity contribution in [1.82, 2.24) is 0 Å². The van der Waals surface area contributed by atoms with Crippen molar-refractivity contribution >= 4 is 35.2 Å². The zero-order chi connectivity index (χ0) is 15.4. The van der Waals surface area contributed by atoms with Crippen LogP contribution in [0, 0.1) is 6.92 Å². The maximum atomic E-state index is 10.5. The van der Waals surface area contributed by atoms with Gasteiger partial charge >= 0.3 is 5.97 Å². The van der Waals surface area contributed by atoms with Crippen LogP contribution in [-0.4, -0.2) is 11.1 Å². The molecule has 3 nitrogen and oxygen atoms in total. The van der Waals surface area contributed by atoms with E-state index in [-0.39, 0.29) is 0 Å². The van der Waals surface area contributed by atoms with Crippen LogP contribution in [0.2, 0.25) is 10.0 Å². The first-order chi connectivity index (χ1) is 9.97. The van der Waals surface area contributed by atoms with Crippen LogP contribution < -0.4 is 4.74 Å². The Morgan fingerprint density at radius 1 is 1.24 bits per heavy atom. The Morgan fingerprint density at radius 3 is 2.67 bits per heavy atom. The second-order valence-corrected chi connectivity index (χ2v) is 5.13. The minimum absolute atomic E-state index is 0.353. The highest BCUT2D eigenvalue weighted by Gasteiger charge is 2.07. The first kappa shape index (κ1) is 15.4. The lowest BCUT2D eigenvalue weighted by atomic mass is 10.1. The number of carbonyl (C=O) groups is 1. The molecule has 0 radical (unpaired) electrons. The summed E-state index contributed by atoms with van der Waals surface area (Å²) in [7, 11) is 0. The Balaban J connectivity index is 2.24. The van der Waals surface area contributed by atoms with Gasteiger partial charge in [0.05, 0.1) is 5.02 Å². The normalized spacial score (nSPS) is 10.8. The average Bonchev–Trinajstić information content (AvgIpc) is 2.43. The summed E-state index contributed by atoms with van der Waals surface area (Å²) < 4.78 is 5.69. The lowest BCUT2D eigenvalue weighted by Gasteiger charge is -2.10. The number of ether oxygens (including phenoxy) is 1. The largest absolute Gasteiger partial charge is 0.478 e. The fourth-order valence-electron chi connectivity index (χ4n) is 1.75. The highest BCUT2D eigenvalue weighted by atomic mass is 35.5. The molecule has 0 heterocycles. The number of aliphatic carboxylic acids is 1. The van der Waals surface area contributed by atoms with Gasteiger partial charge in [0.15, 0.2) is 0 Å². The predicted octanol–water partition coefficient (Wildman–Crippen LogP) is 5.19. The van der Waals surface area contributed by atoms with Gasteiger partial charge in [-0.3, -0.25) is 0 Å². The summed E-state index contributed by atoms with van der Waals surface area (Å²) in [6, 6.07) is 10.5. The average molecular weight is 323 g/mol. The molecule has 0 aromatic heterocycles. The number of hydrogen-bond donors (Lipinski definition) is 1. The quantitative estimate of drug-likeness (QED) is 0.787. The molecule has 0 fully saturated rings. The zero-order valence-electron chi connectivity index (χ0n) is 11.1. The molecule has 0 saturated heterocycles. The van der Waals surface area contributed by atoms with Crippen LogP contribution in [0.5, 0.6) is 11.5 Å². The molecule has 0 aliphatic rings. The minimum Gasteiger partial charge on any atom is -0.478 e. The Bertz CT molecular complexity index is 709. The lowest BCUT2D eigenvalue weighted by molar-refractivity contribution is -0.131. The van der Waals surface area contributed by atoms with Crippen molar-refractivity contribution < 1.29 is 14.6 Å². The fourth-order valence-corrected chi connectivity index (χ4v) is 2.08. The van der Waals surface area contributed by atoms with E-state index in [9.17, 15) is 4.79 Å². The van der Waals surface area contributed by atoms with Crippen molar-refractivity contribution in [3.05, 3.63) is 63.6 Å². The van der Waals surface area contributed by atoms with E-state index in [1.807, 2.05) is 6.92 Å². The highest BCUT2D eigenvalue weighted by Crippen LogP contribution is 2.35. The number of benzene rings is 2. The number of rotatable bonds is 4. The maximum Gasteiger partial charge on any atom is 0.328 e. The summed E-state index contributed by atoms with van der Waals surface area (Å²) >= 11 is 12.0. The van der Waals surface area contributed by atoms with Gasteiger partial charge in [-0.25, -0.2) is 4.79 Å². The van der Waals surface area contributed by atoms with E-state index in [1.165, 1.54) is 6.08 Å². The predicted molar refractivity (Wildman–Crippen MR) is 84.4 cm³/mol. The molecule has 0 aliphatic heterocycles. The van der Waals surface area contributed by atoms with Crippen LogP contribution in [0.15, 0.2) is 42.5 Å². The van der Waals surface area contributed by atoms with Gasteiger partial charge in [-0.05, 0) is 48.4 Å². The van der Waals surface area contributed by atoms with Gasteiger partial charge in [-0.1, -0.05) is 35.3 Å². The van der Waals surface area contributed by atoms with E-state index >= 15 is 0 Å². The molecule has 0 saturated carbocycles. The van der Waals surface area contributed by atoms with Crippen molar-refractivity contribution in [2.24, 2.45) is 0 Å². The SMILES string of the molecule is Cc1cc(Oc2cccc(Cl)c2Cl)ccc1C=CC(=O)O. The molecule has 0 bridgehead atoms. The van der Waals surface area contributed by atoms with Crippen LogP contribution in [0.4, 0.5) is 0 Å². The van der Waals surface area contributed by atoms with Gasteiger partial charge in [-0.2, -0.15) is 0 Å². The molecule has 1 N–H and O–H groups in total. The molecule has 5 heteroatoms. The highest BCUT2D eigenvalue weighted by molar-refractivity contribution is 6.42. The van der Waals surface area contributed by atoms with Gasteiger partial charge < -0.3 is 9.84 Å². The van der Waals surface area contributed by atoms with Crippen molar-refractivity contribution in [1.29, 1.82) is 0 Å². The first-order valence-corrected chi connectivity index (χ1v) is 6.86. The molecule has 0 unspecified atom stereocenters. The van der Waals surface area contributed by atoms with Gasteiger partial charge in [0.25, 0.3) is 0 Å². The lowest BCUT2D eigenvalue weighted by Crippen LogP contribution is -1.90. The summed E-state index contributed by atoms with van der Waals surface area (Å²) in [6.07, 6.45) is 2.63. The van der Waals surface area contributed by atoms with E-state index in [0.29, 0.717) is 21.5 Å². The number of halogens is 2. The Kier molecular flexibility index (Phi) is 4.89. The van der Waals surface area contributed by atoms with Crippen LogP contribution in [0.25, 0.3) is 6.08 Å². The molecule has 2 aromatic carbocycles. The van der Waals surface area contributed by atoms with Crippen LogP contribution in [0.1, 0.15) is 11.1 Å². The summed E-state index contributed by atoms with van der Waals surface area (Å²) in [5.74, 6) is 0.0852. The minimum atomic E-state index is -0.986. The topological polar surface area (TPSA) is 46.5 Å². The molecule has 0 amide bonds. The van der Waals surface area contributed by atoms with E-state index < -0.39 is 5.97 Å². The van der Waals surface area contributed by atoms with E-state index in [2.05, 4.69) is 0 Å². The van der Waals surface area contributed by atoms with Gasteiger partial charge in [-0.15, -0.1) is 0 Å². The summed E-state index contributed by atoms with van der Waals surface area (Å²) in [6.45, 7) is 1.87. The zero-order valence-corrected chi connectivity index (χ0v) is 12.7. The van der Waals surface area contributed by atoms with E-state index in [0.717, 1.165) is 17.2 Å². The van der Waals surface area contributed by atoms with Crippen molar-refractivity contribution in [2.75, 3.05) is 0 Å². The standard InChI is InChI=1S/C16H12Cl2O3/c1-10-9-12(7-5-11(10)6-8-15(19)20)21-14-4-2-3-13(17)16(14)18/h2-9H,1H3,(H,19,20). The summed E-state index contributed by atoms with van der Waals surface area (Å²) in [4.78, 5) is 10.5.